The first kappa shape index (κ1) is 12.4. The molecule has 3 nitrogen and oxygen atoms in total. The lowest BCUT2D eigenvalue weighted by molar-refractivity contribution is 0.104. The van der Waals surface area contributed by atoms with Crippen LogP contribution in [-0.2, 0) is 0 Å². The van der Waals surface area contributed by atoms with E-state index >= 15 is 0 Å². The minimum atomic E-state index is -0.0375. The molecule has 0 saturated heterocycles. The summed E-state index contributed by atoms with van der Waals surface area (Å²) in [5, 5.41) is 1.66. The van der Waals surface area contributed by atoms with Crippen molar-refractivity contribution in [3.8, 4) is 0 Å². The van der Waals surface area contributed by atoms with E-state index in [1.807, 2.05) is 66.9 Å². The Kier molecular flexibility index (Phi) is 3.17. The molecule has 3 heteroatoms. The monoisotopic (exact) mass is 262 g/mol. The third kappa shape index (κ3) is 2.52. The number of rotatable bonds is 1. The summed E-state index contributed by atoms with van der Waals surface area (Å²) in [6.45, 7) is 0. The summed E-state index contributed by atoms with van der Waals surface area (Å²) in [4.78, 5) is 18.1. The predicted molar refractivity (Wildman–Crippen MR) is 80.0 cm³/mol. The van der Waals surface area contributed by atoms with Crippen molar-refractivity contribution in [2.24, 2.45) is 0 Å². The molecule has 0 bridgehead atoms. The zero-order valence-corrected chi connectivity index (χ0v) is 11.2. The van der Waals surface area contributed by atoms with Gasteiger partial charge in [-0.3, -0.25) is 4.79 Å². The van der Waals surface area contributed by atoms with Gasteiger partial charge in [0.05, 0.1) is 5.35 Å². The summed E-state index contributed by atoms with van der Waals surface area (Å²) in [5.41, 5.74) is 1.62. The topological polar surface area (TPSA) is 33.2 Å². The molecular formula is C17H14N2O. The lowest BCUT2D eigenvalue weighted by Crippen LogP contribution is -2.24. The van der Waals surface area contributed by atoms with Gasteiger partial charge in [-0.1, -0.05) is 24.3 Å². The number of carbonyl (C=O) groups excluding carboxylic acids is 1. The summed E-state index contributed by atoms with van der Waals surface area (Å²) >= 11 is 0. The Labute approximate surface area is 117 Å². The Morgan fingerprint density at radius 1 is 1.10 bits per heavy atom. The lowest BCUT2D eigenvalue weighted by Gasteiger charge is -2.11. The van der Waals surface area contributed by atoms with Crippen LogP contribution in [0.1, 0.15) is 10.5 Å². The SMILES string of the molecule is CN1C=CC(=CC=c2ccc3c(n2)C(=O)C=CC=3)C=C1. The van der Waals surface area contributed by atoms with Crippen LogP contribution in [0, 0.1) is 0 Å². The van der Waals surface area contributed by atoms with Gasteiger partial charge >= 0.3 is 0 Å². The van der Waals surface area contributed by atoms with Crippen molar-refractivity contribution in [3.63, 3.8) is 0 Å². The Balaban J connectivity index is 1.97. The summed E-state index contributed by atoms with van der Waals surface area (Å²) < 4.78 is 0. The highest BCUT2D eigenvalue weighted by atomic mass is 16.1. The van der Waals surface area contributed by atoms with Gasteiger partial charge in [-0.15, -0.1) is 0 Å². The Hall–Kier alpha value is -2.68. The summed E-state index contributed by atoms with van der Waals surface area (Å²) in [6, 6.07) is 3.84. The number of ketones is 1. The second kappa shape index (κ2) is 5.13. The van der Waals surface area contributed by atoms with Crippen molar-refractivity contribution in [1.29, 1.82) is 0 Å². The maximum atomic E-state index is 11.8. The smallest absolute Gasteiger partial charge is 0.204 e. The zero-order valence-electron chi connectivity index (χ0n) is 11.2. The van der Waals surface area contributed by atoms with Crippen LogP contribution in [0.4, 0.5) is 0 Å². The first-order valence-corrected chi connectivity index (χ1v) is 6.42. The molecule has 1 aromatic heterocycles. The first-order chi connectivity index (χ1) is 9.72. The van der Waals surface area contributed by atoms with Gasteiger partial charge < -0.3 is 4.90 Å². The van der Waals surface area contributed by atoms with Crippen LogP contribution in [0.3, 0.4) is 0 Å². The van der Waals surface area contributed by atoms with Gasteiger partial charge in [0.1, 0.15) is 5.69 Å². The van der Waals surface area contributed by atoms with E-state index in [1.54, 1.807) is 12.2 Å². The molecule has 0 atom stereocenters. The Morgan fingerprint density at radius 2 is 1.90 bits per heavy atom. The number of allylic oxidation sites excluding steroid dienone is 6. The summed E-state index contributed by atoms with van der Waals surface area (Å²) in [5.74, 6) is -0.0375. The van der Waals surface area contributed by atoms with Crippen LogP contribution < -0.4 is 10.6 Å². The molecule has 0 fully saturated rings. The second-order valence-electron chi connectivity index (χ2n) is 4.69. The van der Waals surface area contributed by atoms with Crippen molar-refractivity contribution >= 4 is 17.9 Å². The Bertz CT molecular complexity index is 779. The second-order valence-corrected chi connectivity index (χ2v) is 4.69. The quantitative estimate of drug-likeness (QED) is 0.764. The third-order valence-corrected chi connectivity index (χ3v) is 3.16. The van der Waals surface area contributed by atoms with Crippen molar-refractivity contribution in [2.45, 2.75) is 0 Å². The van der Waals surface area contributed by atoms with Crippen molar-refractivity contribution in [2.75, 3.05) is 7.05 Å². The molecule has 0 amide bonds. The molecule has 0 aromatic carbocycles. The lowest BCUT2D eigenvalue weighted by atomic mass is 10.1. The van der Waals surface area contributed by atoms with Gasteiger partial charge in [0.25, 0.3) is 0 Å². The van der Waals surface area contributed by atoms with Crippen molar-refractivity contribution < 1.29 is 4.79 Å². The van der Waals surface area contributed by atoms with Crippen LogP contribution in [0.15, 0.2) is 60.5 Å². The molecule has 0 radical (unpaired) electrons. The molecule has 1 aliphatic heterocycles. The van der Waals surface area contributed by atoms with E-state index in [2.05, 4.69) is 4.98 Å². The van der Waals surface area contributed by atoms with E-state index in [-0.39, 0.29) is 5.78 Å². The van der Waals surface area contributed by atoms with Gasteiger partial charge in [0.15, 0.2) is 0 Å². The molecule has 0 saturated carbocycles. The van der Waals surface area contributed by atoms with Crippen LogP contribution in [0.25, 0.3) is 12.2 Å². The molecule has 20 heavy (non-hydrogen) atoms. The fourth-order valence-corrected chi connectivity index (χ4v) is 2.03. The van der Waals surface area contributed by atoms with Crippen molar-refractivity contribution in [1.82, 2.24) is 9.88 Å². The van der Waals surface area contributed by atoms with Gasteiger partial charge in [0, 0.05) is 24.7 Å². The maximum absolute atomic E-state index is 11.8. The molecule has 0 spiro atoms. The molecule has 0 N–H and O–H groups in total. The highest BCUT2D eigenvalue weighted by Gasteiger charge is 2.07. The van der Waals surface area contributed by atoms with Gasteiger partial charge in [-0.2, -0.15) is 0 Å². The minimum Gasteiger partial charge on any atom is -0.357 e. The fraction of sp³-hybridized carbons (Fsp3) is 0.0588. The molecule has 0 unspecified atom stereocenters. The number of pyridine rings is 1. The van der Waals surface area contributed by atoms with Crippen LogP contribution >= 0.6 is 0 Å². The predicted octanol–water partition coefficient (Wildman–Crippen LogP) is 1.29. The zero-order chi connectivity index (χ0) is 13.9. The number of nitrogens with zero attached hydrogens (tertiary/aromatic N) is 2. The number of hydrogen-bond acceptors (Lipinski definition) is 3. The number of fused-ring (bicyclic) bond motifs is 1. The number of hydrogen-bond donors (Lipinski definition) is 0. The highest BCUT2D eigenvalue weighted by molar-refractivity contribution is 6.05. The minimum absolute atomic E-state index is 0.0375. The highest BCUT2D eigenvalue weighted by Crippen LogP contribution is 2.07. The molecule has 2 aliphatic rings. The van der Waals surface area contributed by atoms with Crippen LogP contribution in [0.2, 0.25) is 0 Å². The molecule has 2 heterocycles. The fourth-order valence-electron chi connectivity index (χ4n) is 2.03. The summed E-state index contributed by atoms with van der Waals surface area (Å²) in [7, 11) is 1.98. The van der Waals surface area contributed by atoms with Crippen LogP contribution in [-0.4, -0.2) is 22.7 Å². The van der Waals surface area contributed by atoms with E-state index in [0.717, 1.165) is 16.1 Å². The molecule has 1 aliphatic carbocycles. The van der Waals surface area contributed by atoms with Gasteiger partial charge in [-0.25, -0.2) is 4.98 Å². The first-order valence-electron chi connectivity index (χ1n) is 6.42. The number of aromatic nitrogens is 1. The van der Waals surface area contributed by atoms with E-state index < -0.39 is 0 Å². The van der Waals surface area contributed by atoms with Crippen molar-refractivity contribution in [3.05, 3.63) is 76.7 Å². The summed E-state index contributed by atoms with van der Waals surface area (Å²) in [6.07, 6.45) is 17.1. The van der Waals surface area contributed by atoms with E-state index in [0.29, 0.717) is 5.69 Å². The van der Waals surface area contributed by atoms with Gasteiger partial charge in [-0.05, 0) is 35.9 Å². The third-order valence-electron chi connectivity index (χ3n) is 3.16. The number of carbonyl (C=O) groups is 1. The largest absolute Gasteiger partial charge is 0.357 e. The average molecular weight is 262 g/mol. The maximum Gasteiger partial charge on any atom is 0.204 e. The van der Waals surface area contributed by atoms with E-state index in [9.17, 15) is 4.79 Å². The standard InChI is InChI=1S/C17H14N2O/c1-19-11-9-13(10-12-19)5-7-15-8-6-14-3-2-4-16(20)17(14)18-15/h2-12H,1H3. The normalized spacial score (nSPS) is 17.2. The molecule has 1 aromatic rings. The molecular weight excluding hydrogens is 248 g/mol. The van der Waals surface area contributed by atoms with Crippen LogP contribution in [0.5, 0.6) is 0 Å². The van der Waals surface area contributed by atoms with E-state index in [4.69, 9.17) is 0 Å². The average Bonchev–Trinajstić information content (AvgIpc) is 2.47. The Morgan fingerprint density at radius 3 is 2.70 bits per heavy atom. The van der Waals surface area contributed by atoms with E-state index in [1.165, 1.54) is 0 Å². The van der Waals surface area contributed by atoms with Gasteiger partial charge in [0.2, 0.25) is 5.78 Å². The molecule has 3 rings (SSSR count). The molecule has 98 valence electrons.